The van der Waals surface area contributed by atoms with Crippen LogP contribution in [-0.4, -0.2) is 18.4 Å². The average molecular weight is 336 g/mol. The molecule has 4 nitrogen and oxygen atoms in total. The van der Waals surface area contributed by atoms with Gasteiger partial charge in [0.1, 0.15) is 0 Å². The maximum atomic E-state index is 13.4. The highest BCUT2D eigenvalue weighted by Crippen LogP contribution is 2.19. The number of carbonyl (C=O) groups excluding carboxylic acids is 2. The number of amides is 2. The van der Waals surface area contributed by atoms with Crippen LogP contribution < -0.4 is 10.6 Å². The predicted octanol–water partition coefficient (Wildman–Crippen LogP) is 2.71. The molecule has 0 aromatic heterocycles. The molecule has 0 aliphatic heterocycles. The molecular formula is C17H15F3N2O2. The fraction of sp³-hybridized carbons (Fsp3) is 0.176. The van der Waals surface area contributed by atoms with Gasteiger partial charge in [-0.2, -0.15) is 0 Å². The Kier molecular flexibility index (Phi) is 5.57. The van der Waals surface area contributed by atoms with E-state index in [1.54, 1.807) is 12.1 Å². The summed E-state index contributed by atoms with van der Waals surface area (Å²) >= 11 is 0. The number of carbonyl (C=O) groups is 2. The van der Waals surface area contributed by atoms with Crippen LogP contribution in [0.2, 0.25) is 0 Å². The van der Waals surface area contributed by atoms with Gasteiger partial charge in [-0.05, 0) is 24.6 Å². The molecule has 2 amide bonds. The Balaban J connectivity index is 1.86. The van der Waals surface area contributed by atoms with E-state index in [1.807, 2.05) is 19.1 Å². The standard InChI is InChI=1S/C17H15F3N2O2/c1-10-2-4-11(5-3-10)8-14(23)21-9-15(24)22-13-7-6-12(18)16(19)17(13)20/h2-7H,8-9H2,1H3,(H,21,23)(H,22,24). The molecule has 2 rings (SSSR count). The zero-order chi connectivity index (χ0) is 17.7. The normalized spacial score (nSPS) is 10.3. The van der Waals surface area contributed by atoms with Gasteiger partial charge in [-0.15, -0.1) is 0 Å². The first-order valence-corrected chi connectivity index (χ1v) is 7.12. The summed E-state index contributed by atoms with van der Waals surface area (Å²) < 4.78 is 39.3. The summed E-state index contributed by atoms with van der Waals surface area (Å²) in [4.78, 5) is 23.4. The maximum Gasteiger partial charge on any atom is 0.243 e. The van der Waals surface area contributed by atoms with Crippen molar-refractivity contribution in [2.24, 2.45) is 0 Å². The highest BCUT2D eigenvalue weighted by atomic mass is 19.2. The lowest BCUT2D eigenvalue weighted by atomic mass is 10.1. The third-order valence-corrected chi connectivity index (χ3v) is 3.24. The van der Waals surface area contributed by atoms with E-state index in [2.05, 4.69) is 10.6 Å². The van der Waals surface area contributed by atoms with Gasteiger partial charge in [0, 0.05) is 0 Å². The monoisotopic (exact) mass is 336 g/mol. The average Bonchev–Trinajstić information content (AvgIpc) is 2.56. The number of benzene rings is 2. The van der Waals surface area contributed by atoms with Gasteiger partial charge in [-0.1, -0.05) is 29.8 Å². The van der Waals surface area contributed by atoms with Crippen molar-refractivity contribution < 1.29 is 22.8 Å². The number of aryl methyl sites for hydroxylation is 1. The third kappa shape index (κ3) is 4.58. The fourth-order valence-corrected chi connectivity index (χ4v) is 1.95. The predicted molar refractivity (Wildman–Crippen MR) is 82.8 cm³/mol. The fourth-order valence-electron chi connectivity index (χ4n) is 1.95. The number of hydrogen-bond acceptors (Lipinski definition) is 2. The zero-order valence-corrected chi connectivity index (χ0v) is 12.8. The number of nitrogens with one attached hydrogen (secondary N) is 2. The van der Waals surface area contributed by atoms with Crippen LogP contribution in [0.1, 0.15) is 11.1 Å². The SMILES string of the molecule is Cc1ccc(CC(=O)NCC(=O)Nc2ccc(F)c(F)c2F)cc1. The Morgan fingerprint density at radius 3 is 2.25 bits per heavy atom. The maximum absolute atomic E-state index is 13.4. The minimum Gasteiger partial charge on any atom is -0.347 e. The smallest absolute Gasteiger partial charge is 0.243 e. The Morgan fingerprint density at radius 2 is 1.58 bits per heavy atom. The van der Waals surface area contributed by atoms with Gasteiger partial charge in [0.15, 0.2) is 17.5 Å². The molecule has 0 saturated heterocycles. The summed E-state index contributed by atoms with van der Waals surface area (Å²) in [5.74, 6) is -5.65. The van der Waals surface area contributed by atoms with E-state index in [-0.39, 0.29) is 12.3 Å². The first-order valence-electron chi connectivity index (χ1n) is 7.12. The quantitative estimate of drug-likeness (QED) is 0.825. The lowest BCUT2D eigenvalue weighted by Crippen LogP contribution is -2.34. The zero-order valence-electron chi connectivity index (χ0n) is 12.8. The van der Waals surface area contributed by atoms with Crippen molar-refractivity contribution in [1.29, 1.82) is 0 Å². The summed E-state index contributed by atoms with van der Waals surface area (Å²) in [6, 6.07) is 8.92. The van der Waals surface area contributed by atoms with Gasteiger partial charge in [-0.3, -0.25) is 9.59 Å². The number of halogens is 3. The van der Waals surface area contributed by atoms with Crippen molar-refractivity contribution in [2.45, 2.75) is 13.3 Å². The van der Waals surface area contributed by atoms with Gasteiger partial charge in [0.25, 0.3) is 0 Å². The topological polar surface area (TPSA) is 58.2 Å². The molecule has 0 aliphatic rings. The van der Waals surface area contributed by atoms with Crippen molar-refractivity contribution in [2.75, 3.05) is 11.9 Å². The molecule has 126 valence electrons. The molecule has 0 radical (unpaired) electrons. The lowest BCUT2D eigenvalue weighted by molar-refractivity contribution is -0.123. The van der Waals surface area contributed by atoms with Gasteiger partial charge in [-0.25, -0.2) is 13.2 Å². The molecule has 7 heteroatoms. The largest absolute Gasteiger partial charge is 0.347 e. The Labute approximate surface area is 136 Å². The highest BCUT2D eigenvalue weighted by molar-refractivity contribution is 5.94. The van der Waals surface area contributed by atoms with E-state index in [1.165, 1.54) is 0 Å². The molecule has 0 bridgehead atoms. The van der Waals surface area contributed by atoms with E-state index in [0.717, 1.165) is 17.2 Å². The molecule has 0 aliphatic carbocycles. The minimum atomic E-state index is -1.67. The molecule has 2 aromatic rings. The Hall–Kier alpha value is -2.83. The Bertz CT molecular complexity index is 761. The van der Waals surface area contributed by atoms with Gasteiger partial charge >= 0.3 is 0 Å². The van der Waals surface area contributed by atoms with Crippen molar-refractivity contribution in [1.82, 2.24) is 5.32 Å². The summed E-state index contributed by atoms with van der Waals surface area (Å²) in [6.07, 6.45) is 0.0904. The molecule has 2 aromatic carbocycles. The highest BCUT2D eigenvalue weighted by Gasteiger charge is 2.15. The van der Waals surface area contributed by atoms with E-state index in [0.29, 0.717) is 6.07 Å². The first kappa shape index (κ1) is 17.5. The van der Waals surface area contributed by atoms with Gasteiger partial charge in [0.05, 0.1) is 18.7 Å². The van der Waals surface area contributed by atoms with Crippen molar-refractivity contribution in [3.05, 3.63) is 65.0 Å². The second-order valence-electron chi connectivity index (χ2n) is 5.21. The minimum absolute atomic E-state index is 0.0904. The second-order valence-corrected chi connectivity index (χ2v) is 5.21. The summed E-state index contributed by atoms with van der Waals surface area (Å²) in [5.41, 5.74) is 1.35. The van der Waals surface area contributed by atoms with Gasteiger partial charge in [0.2, 0.25) is 11.8 Å². The number of rotatable bonds is 5. The van der Waals surface area contributed by atoms with Crippen LogP contribution in [0.5, 0.6) is 0 Å². The van der Waals surface area contributed by atoms with Gasteiger partial charge < -0.3 is 10.6 Å². The molecule has 0 saturated carbocycles. The van der Waals surface area contributed by atoms with Crippen LogP contribution in [0.4, 0.5) is 18.9 Å². The van der Waals surface area contributed by atoms with Crippen LogP contribution in [0.25, 0.3) is 0 Å². The Morgan fingerprint density at radius 1 is 0.917 bits per heavy atom. The molecule has 0 atom stereocenters. The molecule has 0 fully saturated rings. The third-order valence-electron chi connectivity index (χ3n) is 3.24. The summed E-state index contributed by atoms with van der Waals surface area (Å²) in [5, 5.41) is 4.44. The molecule has 0 heterocycles. The second kappa shape index (κ2) is 7.63. The van der Waals surface area contributed by atoms with Crippen LogP contribution in [0.3, 0.4) is 0 Å². The van der Waals surface area contributed by atoms with Crippen LogP contribution >= 0.6 is 0 Å². The van der Waals surface area contributed by atoms with Crippen LogP contribution in [0, 0.1) is 24.4 Å². The number of hydrogen-bond donors (Lipinski definition) is 2. The molecular weight excluding hydrogens is 321 g/mol. The van der Waals surface area contributed by atoms with E-state index >= 15 is 0 Å². The summed E-state index contributed by atoms with van der Waals surface area (Å²) in [7, 11) is 0. The summed E-state index contributed by atoms with van der Waals surface area (Å²) in [6.45, 7) is 1.51. The number of anilines is 1. The van der Waals surface area contributed by atoms with Crippen molar-refractivity contribution in [3.63, 3.8) is 0 Å². The van der Waals surface area contributed by atoms with E-state index in [9.17, 15) is 22.8 Å². The molecule has 0 spiro atoms. The van der Waals surface area contributed by atoms with E-state index in [4.69, 9.17) is 0 Å². The van der Waals surface area contributed by atoms with E-state index < -0.39 is 35.6 Å². The van der Waals surface area contributed by atoms with Crippen molar-refractivity contribution in [3.8, 4) is 0 Å². The first-order chi connectivity index (χ1) is 11.4. The van der Waals surface area contributed by atoms with Crippen molar-refractivity contribution >= 4 is 17.5 Å². The molecule has 0 unspecified atom stereocenters. The molecule has 2 N–H and O–H groups in total. The molecule has 24 heavy (non-hydrogen) atoms. The van der Waals surface area contributed by atoms with Crippen LogP contribution in [-0.2, 0) is 16.0 Å². The lowest BCUT2D eigenvalue weighted by Gasteiger charge is -2.08. The van der Waals surface area contributed by atoms with Crippen LogP contribution in [0.15, 0.2) is 36.4 Å².